The summed E-state index contributed by atoms with van der Waals surface area (Å²) in [6, 6.07) is 7.99. The molecule has 1 amide bonds. The van der Waals surface area contributed by atoms with Gasteiger partial charge in [-0.1, -0.05) is 24.1 Å². The second-order valence-corrected chi connectivity index (χ2v) is 9.32. The molecule has 2 fully saturated rings. The van der Waals surface area contributed by atoms with Crippen LogP contribution in [0.5, 0.6) is 5.75 Å². The van der Waals surface area contributed by atoms with Crippen LogP contribution < -0.4 is 10.1 Å². The lowest BCUT2D eigenvalue weighted by Crippen LogP contribution is -2.57. The summed E-state index contributed by atoms with van der Waals surface area (Å²) in [6.45, 7) is 4.31. The molecule has 0 atom stereocenters. The predicted molar refractivity (Wildman–Crippen MR) is 120 cm³/mol. The third-order valence-corrected chi connectivity index (χ3v) is 7.29. The smallest absolute Gasteiger partial charge is 0.273 e. The number of carbonyl (C=O) groups excluding carboxylic acids is 1. The number of rotatable bonds is 7. The molecule has 1 aromatic carbocycles. The Balaban J connectivity index is 1.16. The minimum atomic E-state index is -0.187. The van der Waals surface area contributed by atoms with Gasteiger partial charge in [-0.3, -0.25) is 9.69 Å². The van der Waals surface area contributed by atoms with Crippen molar-refractivity contribution in [2.24, 2.45) is 0 Å². The predicted octanol–water partition coefficient (Wildman–Crippen LogP) is 3.51. The highest BCUT2D eigenvalue weighted by Gasteiger charge is 2.40. The van der Waals surface area contributed by atoms with E-state index < -0.39 is 0 Å². The van der Waals surface area contributed by atoms with Gasteiger partial charge in [0.15, 0.2) is 11.5 Å². The molecular formula is C25H33N3O4. The van der Waals surface area contributed by atoms with E-state index in [-0.39, 0.29) is 18.1 Å². The van der Waals surface area contributed by atoms with Crippen molar-refractivity contribution in [1.82, 2.24) is 15.4 Å². The number of aromatic nitrogens is 1. The fourth-order valence-corrected chi connectivity index (χ4v) is 5.45. The van der Waals surface area contributed by atoms with E-state index in [4.69, 9.17) is 14.0 Å². The van der Waals surface area contributed by atoms with Gasteiger partial charge in [0.1, 0.15) is 12.4 Å². The molecule has 2 aromatic rings. The fourth-order valence-electron chi connectivity index (χ4n) is 5.45. The molecule has 2 aliphatic carbocycles. The van der Waals surface area contributed by atoms with Gasteiger partial charge in [-0.25, -0.2) is 0 Å². The van der Waals surface area contributed by atoms with Crippen molar-refractivity contribution in [1.29, 1.82) is 0 Å². The Bertz CT molecular complexity index is 929. The molecule has 172 valence electrons. The summed E-state index contributed by atoms with van der Waals surface area (Å²) in [6.07, 6.45) is 9.43. The fraction of sp³-hybridized carbons (Fsp3) is 0.600. The molecule has 3 aliphatic rings. The highest BCUT2D eigenvalue weighted by atomic mass is 16.5. The van der Waals surface area contributed by atoms with Gasteiger partial charge < -0.3 is 19.3 Å². The van der Waals surface area contributed by atoms with Gasteiger partial charge in [0, 0.05) is 31.2 Å². The number of carbonyl (C=O) groups is 1. The van der Waals surface area contributed by atoms with E-state index >= 15 is 0 Å². The molecule has 1 aromatic heterocycles. The third-order valence-electron chi connectivity index (χ3n) is 7.29. The van der Waals surface area contributed by atoms with Gasteiger partial charge in [-0.15, -0.1) is 0 Å². The van der Waals surface area contributed by atoms with E-state index in [0.29, 0.717) is 18.0 Å². The number of hydrogen-bond acceptors (Lipinski definition) is 6. The first-order valence-corrected chi connectivity index (χ1v) is 12.0. The molecule has 1 aliphatic heterocycles. The number of benzene rings is 1. The van der Waals surface area contributed by atoms with Crippen molar-refractivity contribution in [3.05, 3.63) is 46.8 Å². The molecule has 32 heavy (non-hydrogen) atoms. The van der Waals surface area contributed by atoms with E-state index in [9.17, 15) is 4.79 Å². The summed E-state index contributed by atoms with van der Waals surface area (Å²) >= 11 is 0. The highest BCUT2D eigenvalue weighted by Crippen LogP contribution is 2.35. The Labute approximate surface area is 189 Å². The van der Waals surface area contributed by atoms with Crippen molar-refractivity contribution >= 4 is 5.91 Å². The lowest BCUT2D eigenvalue weighted by Gasteiger charge is -2.43. The highest BCUT2D eigenvalue weighted by molar-refractivity contribution is 5.92. The molecule has 5 rings (SSSR count). The zero-order chi connectivity index (χ0) is 21.8. The van der Waals surface area contributed by atoms with Crippen molar-refractivity contribution in [3.8, 4) is 5.75 Å². The van der Waals surface area contributed by atoms with Crippen LogP contribution in [0.2, 0.25) is 0 Å². The summed E-state index contributed by atoms with van der Waals surface area (Å²) in [7, 11) is 0. The largest absolute Gasteiger partial charge is 0.486 e. The van der Waals surface area contributed by atoms with Crippen LogP contribution in [0, 0.1) is 0 Å². The van der Waals surface area contributed by atoms with Gasteiger partial charge in [-0.05, 0) is 61.8 Å². The summed E-state index contributed by atoms with van der Waals surface area (Å²) in [5, 5.41) is 7.09. The third kappa shape index (κ3) is 4.69. The number of fused-ring (bicyclic) bond motifs is 1. The normalized spacial score (nSPS) is 20.6. The molecule has 0 radical (unpaired) electrons. The van der Waals surface area contributed by atoms with E-state index in [1.165, 1.54) is 36.8 Å². The number of nitrogens with zero attached hydrogens (tertiary/aromatic N) is 2. The minimum Gasteiger partial charge on any atom is -0.486 e. The molecule has 0 unspecified atom stereocenters. The Kier molecular flexibility index (Phi) is 6.46. The average molecular weight is 440 g/mol. The van der Waals surface area contributed by atoms with Gasteiger partial charge in [0.25, 0.3) is 5.91 Å². The molecule has 1 saturated heterocycles. The molecule has 0 bridgehead atoms. The maximum Gasteiger partial charge on any atom is 0.273 e. The first-order chi connectivity index (χ1) is 15.7. The summed E-state index contributed by atoms with van der Waals surface area (Å²) in [4.78, 5) is 15.3. The monoisotopic (exact) mass is 439 g/mol. The van der Waals surface area contributed by atoms with E-state index in [1.807, 2.05) is 6.07 Å². The lowest BCUT2D eigenvalue weighted by molar-refractivity contribution is -0.0199. The second-order valence-electron chi connectivity index (χ2n) is 9.32. The van der Waals surface area contributed by atoms with Crippen LogP contribution in [0.15, 0.2) is 28.8 Å². The van der Waals surface area contributed by atoms with Crippen LogP contribution in [0.4, 0.5) is 0 Å². The lowest BCUT2D eigenvalue weighted by atomic mass is 9.92. The Morgan fingerprint density at radius 3 is 2.66 bits per heavy atom. The van der Waals surface area contributed by atoms with Crippen molar-refractivity contribution < 1.29 is 18.8 Å². The molecule has 7 heteroatoms. The minimum absolute atomic E-state index is 0.0432. The maximum atomic E-state index is 12.8. The number of hydrogen-bond donors (Lipinski definition) is 1. The van der Waals surface area contributed by atoms with E-state index in [0.717, 1.165) is 57.7 Å². The Hall–Kier alpha value is -2.38. The standard InChI is InChI=1S/C25H33N3O4/c29-24(26-18-25(9-3-4-10-25)28-11-13-30-14-12-28)23-16-22(32-27-23)17-31-21-8-7-19-5-1-2-6-20(19)15-21/h7-8,15-16H,1-6,9-14,17-18H2,(H,26,29). The van der Waals surface area contributed by atoms with Crippen LogP contribution in [-0.2, 0) is 24.2 Å². The SMILES string of the molecule is O=C(NCC1(N2CCOCC2)CCCC1)c1cc(COc2ccc3c(c2)CCCC3)on1. The molecule has 2 heterocycles. The van der Waals surface area contributed by atoms with Gasteiger partial charge in [0.2, 0.25) is 0 Å². The van der Waals surface area contributed by atoms with Crippen LogP contribution in [-0.4, -0.2) is 54.4 Å². The molecule has 1 saturated carbocycles. The molecule has 1 N–H and O–H groups in total. The van der Waals surface area contributed by atoms with Crippen LogP contribution in [0.1, 0.15) is 65.9 Å². The number of nitrogens with one attached hydrogen (secondary N) is 1. The molecule has 0 spiro atoms. The maximum absolute atomic E-state index is 12.8. The van der Waals surface area contributed by atoms with Gasteiger partial charge >= 0.3 is 0 Å². The van der Waals surface area contributed by atoms with Gasteiger partial charge in [0.05, 0.1) is 13.2 Å². The topological polar surface area (TPSA) is 76.8 Å². The van der Waals surface area contributed by atoms with Crippen LogP contribution >= 0.6 is 0 Å². The number of morpholine rings is 1. The van der Waals surface area contributed by atoms with Crippen molar-refractivity contribution in [2.45, 2.75) is 63.5 Å². The quantitative estimate of drug-likeness (QED) is 0.712. The first-order valence-electron chi connectivity index (χ1n) is 12.0. The zero-order valence-corrected chi connectivity index (χ0v) is 18.7. The Morgan fingerprint density at radius 1 is 1.06 bits per heavy atom. The van der Waals surface area contributed by atoms with Crippen LogP contribution in [0.25, 0.3) is 0 Å². The zero-order valence-electron chi connectivity index (χ0n) is 18.7. The van der Waals surface area contributed by atoms with E-state index in [1.54, 1.807) is 6.07 Å². The molecule has 7 nitrogen and oxygen atoms in total. The summed E-state index contributed by atoms with van der Waals surface area (Å²) < 4.78 is 16.8. The second kappa shape index (κ2) is 9.63. The van der Waals surface area contributed by atoms with Gasteiger partial charge in [-0.2, -0.15) is 0 Å². The average Bonchev–Trinajstić information content (AvgIpc) is 3.52. The van der Waals surface area contributed by atoms with Crippen molar-refractivity contribution in [3.63, 3.8) is 0 Å². The number of aryl methyl sites for hydroxylation is 2. The summed E-state index contributed by atoms with van der Waals surface area (Å²) in [5.74, 6) is 1.20. The van der Waals surface area contributed by atoms with E-state index in [2.05, 4.69) is 27.5 Å². The van der Waals surface area contributed by atoms with Crippen molar-refractivity contribution in [2.75, 3.05) is 32.8 Å². The first kappa shape index (κ1) is 21.5. The van der Waals surface area contributed by atoms with Crippen LogP contribution in [0.3, 0.4) is 0 Å². The molecular weight excluding hydrogens is 406 g/mol. The summed E-state index contributed by atoms with van der Waals surface area (Å²) in [5.41, 5.74) is 3.16. The Morgan fingerprint density at radius 2 is 1.84 bits per heavy atom. The number of amides is 1. The number of ether oxygens (including phenoxy) is 2.